The van der Waals surface area contributed by atoms with Crippen LogP contribution in [0, 0.1) is 0 Å². The second-order valence-electron chi connectivity index (χ2n) is 2.20. The van der Waals surface area contributed by atoms with Gasteiger partial charge < -0.3 is 4.98 Å². The SMILES string of the molecule is O=Cc1cc2cnncc2[nH]1. The summed E-state index contributed by atoms with van der Waals surface area (Å²) in [4.78, 5) is 13.2. The highest BCUT2D eigenvalue weighted by molar-refractivity contribution is 5.86. The highest BCUT2D eigenvalue weighted by Gasteiger charge is 1.97. The molecule has 0 aromatic carbocycles. The van der Waals surface area contributed by atoms with Crippen molar-refractivity contribution in [2.24, 2.45) is 0 Å². The number of hydrogen-bond acceptors (Lipinski definition) is 3. The second-order valence-corrected chi connectivity index (χ2v) is 2.20. The molecule has 0 radical (unpaired) electrons. The van der Waals surface area contributed by atoms with Crippen LogP contribution in [0.2, 0.25) is 0 Å². The minimum Gasteiger partial charge on any atom is -0.351 e. The largest absolute Gasteiger partial charge is 0.351 e. The first kappa shape index (κ1) is 6.03. The summed E-state index contributed by atoms with van der Waals surface area (Å²) in [5, 5.41) is 8.24. The normalized spacial score (nSPS) is 10.2. The van der Waals surface area contributed by atoms with E-state index in [0.29, 0.717) is 5.69 Å². The third-order valence-corrected chi connectivity index (χ3v) is 1.48. The van der Waals surface area contributed by atoms with Gasteiger partial charge in [0.15, 0.2) is 6.29 Å². The van der Waals surface area contributed by atoms with Crippen LogP contribution in [0.25, 0.3) is 10.9 Å². The topological polar surface area (TPSA) is 58.6 Å². The van der Waals surface area contributed by atoms with Crippen LogP contribution in [-0.4, -0.2) is 21.5 Å². The summed E-state index contributed by atoms with van der Waals surface area (Å²) < 4.78 is 0. The van der Waals surface area contributed by atoms with Crippen LogP contribution in [0.4, 0.5) is 0 Å². The molecule has 11 heavy (non-hydrogen) atoms. The fourth-order valence-electron chi connectivity index (χ4n) is 0.973. The van der Waals surface area contributed by atoms with Crippen molar-refractivity contribution in [3.05, 3.63) is 24.2 Å². The van der Waals surface area contributed by atoms with E-state index in [9.17, 15) is 4.79 Å². The minimum absolute atomic E-state index is 0.551. The number of rotatable bonds is 1. The molecule has 54 valence electrons. The van der Waals surface area contributed by atoms with E-state index < -0.39 is 0 Å². The maximum absolute atomic E-state index is 10.3. The first-order valence-electron chi connectivity index (χ1n) is 3.15. The van der Waals surface area contributed by atoms with Crippen LogP contribution in [0.15, 0.2) is 18.5 Å². The summed E-state index contributed by atoms with van der Waals surface area (Å²) in [5.74, 6) is 0. The zero-order chi connectivity index (χ0) is 7.68. The van der Waals surface area contributed by atoms with Gasteiger partial charge >= 0.3 is 0 Å². The van der Waals surface area contributed by atoms with Crippen LogP contribution in [0.5, 0.6) is 0 Å². The second kappa shape index (κ2) is 2.16. The van der Waals surface area contributed by atoms with Crippen molar-refractivity contribution in [3.8, 4) is 0 Å². The van der Waals surface area contributed by atoms with Crippen molar-refractivity contribution in [1.82, 2.24) is 15.2 Å². The molecule has 0 spiro atoms. The number of fused-ring (bicyclic) bond motifs is 1. The molecule has 0 saturated heterocycles. The molecule has 4 heteroatoms. The first-order valence-corrected chi connectivity index (χ1v) is 3.15. The molecule has 0 atom stereocenters. The molecule has 4 nitrogen and oxygen atoms in total. The highest BCUT2D eigenvalue weighted by atomic mass is 16.1. The number of carbonyl (C=O) groups is 1. The molecule has 0 unspecified atom stereocenters. The number of H-pyrrole nitrogens is 1. The van der Waals surface area contributed by atoms with Gasteiger partial charge in [0.05, 0.1) is 23.6 Å². The van der Waals surface area contributed by atoms with Gasteiger partial charge in [-0.1, -0.05) is 0 Å². The molecule has 0 fully saturated rings. The lowest BCUT2D eigenvalue weighted by Gasteiger charge is -1.81. The fraction of sp³-hybridized carbons (Fsp3) is 0. The molecule has 0 aliphatic heterocycles. The standard InChI is InChI=1S/C7H5N3O/c11-4-6-1-5-2-8-9-3-7(5)10-6/h1-4,10H. The van der Waals surface area contributed by atoms with Gasteiger partial charge in [0.1, 0.15) is 0 Å². The molecule has 0 aliphatic carbocycles. The Hall–Kier alpha value is -1.71. The molecule has 0 aliphatic rings. The number of aromatic nitrogens is 3. The Morgan fingerprint density at radius 2 is 2.18 bits per heavy atom. The molecule has 0 saturated carbocycles. The Kier molecular flexibility index (Phi) is 1.18. The third kappa shape index (κ3) is 0.881. The van der Waals surface area contributed by atoms with Crippen molar-refractivity contribution in [2.45, 2.75) is 0 Å². The Morgan fingerprint density at radius 3 is 2.91 bits per heavy atom. The van der Waals surface area contributed by atoms with E-state index >= 15 is 0 Å². The predicted octanol–water partition coefficient (Wildman–Crippen LogP) is 0.770. The van der Waals surface area contributed by atoms with E-state index in [-0.39, 0.29) is 0 Å². The van der Waals surface area contributed by atoms with Gasteiger partial charge in [-0.3, -0.25) is 4.79 Å². The fourth-order valence-corrected chi connectivity index (χ4v) is 0.973. The summed E-state index contributed by atoms with van der Waals surface area (Å²) >= 11 is 0. The van der Waals surface area contributed by atoms with Gasteiger partial charge in [0, 0.05) is 5.39 Å². The molecule has 2 aromatic rings. The maximum Gasteiger partial charge on any atom is 0.166 e. The van der Waals surface area contributed by atoms with Crippen LogP contribution in [-0.2, 0) is 0 Å². The number of carbonyl (C=O) groups excluding carboxylic acids is 1. The number of aldehydes is 1. The summed E-state index contributed by atoms with van der Waals surface area (Å²) in [5.41, 5.74) is 1.39. The van der Waals surface area contributed by atoms with E-state index in [4.69, 9.17) is 0 Å². The average Bonchev–Trinajstić information content (AvgIpc) is 2.46. The summed E-state index contributed by atoms with van der Waals surface area (Å²) in [6.07, 6.45) is 3.96. The Bertz CT molecular complexity index is 360. The van der Waals surface area contributed by atoms with Crippen LogP contribution in [0.1, 0.15) is 10.5 Å². The highest BCUT2D eigenvalue weighted by Crippen LogP contribution is 2.10. The summed E-state index contributed by atoms with van der Waals surface area (Å²) in [6.45, 7) is 0. The smallest absolute Gasteiger partial charge is 0.166 e. The van der Waals surface area contributed by atoms with Gasteiger partial charge in [-0.15, -0.1) is 0 Å². The van der Waals surface area contributed by atoms with Crippen LogP contribution < -0.4 is 0 Å². The number of hydrogen-bond donors (Lipinski definition) is 1. The van der Waals surface area contributed by atoms with E-state index in [1.807, 2.05) is 0 Å². The summed E-state index contributed by atoms with van der Waals surface area (Å²) in [6, 6.07) is 1.73. The minimum atomic E-state index is 0.551. The number of aromatic amines is 1. The average molecular weight is 147 g/mol. The molecule has 1 N–H and O–H groups in total. The van der Waals surface area contributed by atoms with Gasteiger partial charge in [-0.2, -0.15) is 10.2 Å². The molecule has 2 heterocycles. The quantitative estimate of drug-likeness (QED) is 0.606. The maximum atomic E-state index is 10.3. The Balaban J connectivity index is 2.78. The van der Waals surface area contributed by atoms with Crippen molar-refractivity contribution in [2.75, 3.05) is 0 Å². The lowest BCUT2D eigenvalue weighted by atomic mass is 10.3. The zero-order valence-electron chi connectivity index (χ0n) is 5.61. The van der Waals surface area contributed by atoms with Gasteiger partial charge in [0.2, 0.25) is 0 Å². The molecular weight excluding hydrogens is 142 g/mol. The summed E-state index contributed by atoms with van der Waals surface area (Å²) in [7, 11) is 0. The molecular formula is C7H5N3O. The Morgan fingerprint density at radius 1 is 1.36 bits per heavy atom. The van der Waals surface area contributed by atoms with Gasteiger partial charge in [0.25, 0.3) is 0 Å². The lowest BCUT2D eigenvalue weighted by molar-refractivity contribution is 0.112. The van der Waals surface area contributed by atoms with Crippen molar-refractivity contribution >= 4 is 17.2 Å². The van der Waals surface area contributed by atoms with Gasteiger partial charge in [-0.25, -0.2) is 0 Å². The van der Waals surface area contributed by atoms with E-state index in [2.05, 4.69) is 15.2 Å². The number of nitrogens with zero attached hydrogens (tertiary/aromatic N) is 2. The molecule has 2 aromatic heterocycles. The lowest BCUT2D eigenvalue weighted by Crippen LogP contribution is -1.77. The van der Waals surface area contributed by atoms with Gasteiger partial charge in [-0.05, 0) is 6.07 Å². The van der Waals surface area contributed by atoms with Crippen molar-refractivity contribution in [1.29, 1.82) is 0 Å². The Labute approximate surface area is 62.3 Å². The van der Waals surface area contributed by atoms with Crippen molar-refractivity contribution in [3.63, 3.8) is 0 Å². The molecule has 2 rings (SSSR count). The van der Waals surface area contributed by atoms with Crippen LogP contribution in [0.3, 0.4) is 0 Å². The predicted molar refractivity (Wildman–Crippen MR) is 39.3 cm³/mol. The third-order valence-electron chi connectivity index (χ3n) is 1.48. The van der Waals surface area contributed by atoms with E-state index in [0.717, 1.165) is 17.2 Å². The van der Waals surface area contributed by atoms with Crippen LogP contribution >= 0.6 is 0 Å². The van der Waals surface area contributed by atoms with E-state index in [1.54, 1.807) is 18.5 Å². The molecule has 0 bridgehead atoms. The van der Waals surface area contributed by atoms with E-state index in [1.165, 1.54) is 0 Å². The number of nitrogens with one attached hydrogen (secondary N) is 1. The first-order chi connectivity index (χ1) is 5.40. The zero-order valence-corrected chi connectivity index (χ0v) is 5.61. The van der Waals surface area contributed by atoms with Crippen molar-refractivity contribution < 1.29 is 4.79 Å². The monoisotopic (exact) mass is 147 g/mol. The molecule has 0 amide bonds.